The van der Waals surface area contributed by atoms with Crippen molar-refractivity contribution in [2.75, 3.05) is 54.1 Å². The summed E-state index contributed by atoms with van der Waals surface area (Å²) in [5, 5.41) is 13.2. The van der Waals surface area contributed by atoms with E-state index in [2.05, 4.69) is 20.6 Å². The van der Waals surface area contributed by atoms with Gasteiger partial charge in [-0.3, -0.25) is 4.79 Å². The normalized spacial score (nSPS) is 18.0. The number of anilines is 3. The Balaban J connectivity index is 1.32. The lowest BCUT2D eigenvalue weighted by atomic mass is 9.94. The molecule has 278 valence electrons. The minimum absolute atomic E-state index is 0.0981. The van der Waals surface area contributed by atoms with Gasteiger partial charge in [0.2, 0.25) is 0 Å². The lowest BCUT2D eigenvalue weighted by Gasteiger charge is -2.42. The van der Waals surface area contributed by atoms with Gasteiger partial charge in [0.1, 0.15) is 28.2 Å². The quantitative estimate of drug-likeness (QED) is 0.276. The molecule has 13 heteroatoms. The second kappa shape index (κ2) is 15.1. The Bertz CT molecular complexity index is 2040. The highest BCUT2D eigenvalue weighted by Gasteiger charge is 2.33. The van der Waals surface area contributed by atoms with Crippen molar-refractivity contribution in [3.8, 4) is 6.07 Å². The van der Waals surface area contributed by atoms with E-state index in [9.17, 15) is 23.5 Å². The predicted octanol–water partition coefficient (Wildman–Crippen LogP) is 7.59. The number of amides is 2. The maximum absolute atomic E-state index is 15.4. The molecule has 2 atom stereocenters. The fraction of sp³-hybridized carbons (Fsp3) is 0.462. The van der Waals surface area contributed by atoms with Gasteiger partial charge < -0.3 is 24.8 Å². The maximum Gasteiger partial charge on any atom is 0.442 e. The molecule has 0 spiro atoms. The second-order valence-electron chi connectivity index (χ2n) is 14.8. The van der Waals surface area contributed by atoms with Crippen LogP contribution >= 0.6 is 0 Å². The zero-order valence-electron chi connectivity index (χ0n) is 31.2. The number of nitrogens with one attached hydrogen (secondary N) is 1. The van der Waals surface area contributed by atoms with E-state index in [4.69, 9.17) is 4.74 Å². The van der Waals surface area contributed by atoms with Crippen LogP contribution in [0.3, 0.4) is 0 Å². The number of piperidine rings is 1. The summed E-state index contributed by atoms with van der Waals surface area (Å²) in [6.07, 6.45) is 1.80. The number of aryl methyl sites for hydroxylation is 2. The van der Waals surface area contributed by atoms with Crippen LogP contribution in [0.25, 0.3) is 0 Å². The Hall–Kier alpha value is -4.70. The molecule has 0 saturated carbocycles. The van der Waals surface area contributed by atoms with E-state index in [1.54, 1.807) is 32.9 Å². The van der Waals surface area contributed by atoms with Crippen LogP contribution in [0.4, 0.5) is 30.6 Å². The van der Waals surface area contributed by atoms with Crippen LogP contribution < -0.4 is 15.1 Å². The third-order valence-corrected chi connectivity index (χ3v) is 11.3. The average Bonchev–Trinajstić information content (AvgIpc) is 3.05. The standard InChI is InChI=1S/C39H48F2N6O4S/c1-24-20-25(2)35(43-30-14-16-45(17-15-30)32-13-12-29(40)21-28(32)22-42)27(4)34(24)37(48)47-19-18-46(23-26(47)3)33-11-9-10-31(41)36(33)52(8,50)44-38(49)51-39(5,6)7/h9-13,20-21,26,30,43H,14-19,23H2,1-8H3/t26-,52?/m0/s1. The topological polar surface area (TPSA) is 118 Å². The molecule has 10 nitrogen and oxygen atoms in total. The van der Waals surface area contributed by atoms with Crippen LogP contribution in [0.15, 0.2) is 51.7 Å². The molecule has 1 unspecified atom stereocenters. The number of hydrogen-bond donors (Lipinski definition) is 1. The third kappa shape index (κ3) is 8.33. The van der Waals surface area contributed by atoms with Crippen molar-refractivity contribution in [1.29, 1.82) is 5.26 Å². The number of rotatable bonds is 6. The summed E-state index contributed by atoms with van der Waals surface area (Å²) in [5.41, 5.74) is 4.90. The molecule has 0 radical (unpaired) electrons. The highest BCUT2D eigenvalue weighted by molar-refractivity contribution is 7.93. The fourth-order valence-electron chi connectivity index (χ4n) is 7.29. The molecule has 2 saturated heterocycles. The summed E-state index contributed by atoms with van der Waals surface area (Å²) in [5.74, 6) is -1.26. The van der Waals surface area contributed by atoms with Crippen molar-refractivity contribution in [3.63, 3.8) is 0 Å². The first kappa shape index (κ1) is 38.5. The Morgan fingerprint density at radius 2 is 1.67 bits per heavy atom. The van der Waals surface area contributed by atoms with Crippen LogP contribution in [0.2, 0.25) is 0 Å². The largest absolute Gasteiger partial charge is 0.442 e. The molecule has 3 aromatic rings. The first-order chi connectivity index (χ1) is 24.4. The zero-order chi connectivity index (χ0) is 38.1. The van der Waals surface area contributed by atoms with Crippen LogP contribution in [-0.4, -0.2) is 77.8 Å². The van der Waals surface area contributed by atoms with E-state index < -0.39 is 33.1 Å². The number of halogens is 2. The molecule has 52 heavy (non-hydrogen) atoms. The van der Waals surface area contributed by atoms with Gasteiger partial charge >= 0.3 is 6.09 Å². The third-order valence-electron chi connectivity index (χ3n) is 9.64. The van der Waals surface area contributed by atoms with Crippen molar-refractivity contribution < 1.29 is 27.3 Å². The summed E-state index contributed by atoms with van der Waals surface area (Å²) in [7, 11) is -3.52. The molecule has 0 bridgehead atoms. The van der Waals surface area contributed by atoms with Crippen molar-refractivity contribution in [1.82, 2.24) is 4.90 Å². The molecule has 2 aliphatic heterocycles. The molecule has 2 amide bonds. The van der Waals surface area contributed by atoms with Crippen LogP contribution in [0.1, 0.15) is 73.1 Å². The molecule has 0 aliphatic carbocycles. The Kier molecular flexibility index (Phi) is 11.2. The fourth-order valence-corrected chi connectivity index (χ4v) is 8.72. The van der Waals surface area contributed by atoms with E-state index in [1.165, 1.54) is 30.5 Å². The average molecular weight is 735 g/mol. The van der Waals surface area contributed by atoms with Crippen molar-refractivity contribution in [2.45, 2.75) is 83.9 Å². The summed E-state index contributed by atoms with van der Waals surface area (Å²) >= 11 is 0. The van der Waals surface area contributed by atoms with Gasteiger partial charge in [-0.05, 0) is 108 Å². The Labute approximate surface area is 305 Å². The molecule has 2 fully saturated rings. The second-order valence-corrected chi connectivity index (χ2v) is 17.0. The van der Waals surface area contributed by atoms with E-state index >= 15 is 4.39 Å². The first-order valence-electron chi connectivity index (χ1n) is 17.5. The van der Waals surface area contributed by atoms with Gasteiger partial charge in [-0.15, -0.1) is 4.36 Å². The number of ether oxygens (including phenoxy) is 1. The van der Waals surface area contributed by atoms with Crippen LogP contribution in [-0.2, 0) is 14.5 Å². The number of piperazine rings is 1. The number of hydrogen-bond acceptors (Lipinski definition) is 8. The van der Waals surface area contributed by atoms with Crippen molar-refractivity contribution in [2.24, 2.45) is 4.36 Å². The monoisotopic (exact) mass is 734 g/mol. The van der Waals surface area contributed by atoms with E-state index in [0.717, 1.165) is 40.9 Å². The van der Waals surface area contributed by atoms with Gasteiger partial charge in [0, 0.05) is 62.3 Å². The van der Waals surface area contributed by atoms with Gasteiger partial charge in [-0.25, -0.2) is 17.8 Å². The van der Waals surface area contributed by atoms with Gasteiger partial charge in [-0.2, -0.15) is 5.26 Å². The maximum atomic E-state index is 15.4. The van der Waals surface area contributed by atoms with Crippen LogP contribution in [0.5, 0.6) is 0 Å². The summed E-state index contributed by atoms with van der Waals surface area (Å²) < 4.78 is 51.9. The summed E-state index contributed by atoms with van der Waals surface area (Å²) in [6.45, 7) is 15.3. The van der Waals surface area contributed by atoms with Gasteiger partial charge in [0.15, 0.2) is 0 Å². The molecule has 0 aromatic heterocycles. The zero-order valence-corrected chi connectivity index (χ0v) is 32.0. The lowest BCUT2D eigenvalue weighted by Crippen LogP contribution is -2.54. The summed E-state index contributed by atoms with van der Waals surface area (Å²) in [4.78, 5) is 32.4. The lowest BCUT2D eigenvalue weighted by molar-refractivity contribution is 0.0606. The first-order valence-corrected chi connectivity index (χ1v) is 19.4. The number of carbonyl (C=O) groups excluding carboxylic acids is 2. The number of benzene rings is 3. The Morgan fingerprint density at radius 3 is 2.31 bits per heavy atom. The van der Waals surface area contributed by atoms with Gasteiger partial charge in [0.05, 0.1) is 26.7 Å². The van der Waals surface area contributed by atoms with E-state index in [-0.39, 0.29) is 22.9 Å². The minimum atomic E-state index is -3.52. The summed E-state index contributed by atoms with van der Waals surface area (Å²) in [6, 6.07) is 12.7. The highest BCUT2D eigenvalue weighted by Crippen LogP contribution is 2.34. The smallest absolute Gasteiger partial charge is 0.442 e. The minimum Gasteiger partial charge on any atom is -0.442 e. The molecule has 3 aromatic carbocycles. The van der Waals surface area contributed by atoms with E-state index in [0.29, 0.717) is 49.5 Å². The predicted molar refractivity (Wildman–Crippen MR) is 201 cm³/mol. The van der Waals surface area contributed by atoms with E-state index in [1.807, 2.05) is 43.6 Å². The molecule has 1 N–H and O–H groups in total. The SMILES string of the molecule is Cc1cc(C)c(C(=O)N2CCN(c3cccc(F)c3S(C)(=O)=NC(=O)OC(C)(C)C)C[C@@H]2C)c(C)c1NC1CCN(c2ccc(F)cc2C#N)CC1. The molecule has 5 rings (SSSR count). The number of nitriles is 1. The molecular formula is C39H48F2N6O4S. The molecule has 2 heterocycles. The molecular weight excluding hydrogens is 687 g/mol. The van der Waals surface area contributed by atoms with Gasteiger partial charge in [-0.1, -0.05) is 12.1 Å². The number of carbonyl (C=O) groups is 2. The number of nitrogens with zero attached hydrogens (tertiary/aromatic N) is 5. The highest BCUT2D eigenvalue weighted by atomic mass is 32.2. The van der Waals surface area contributed by atoms with Crippen LogP contribution in [0, 0.1) is 43.7 Å². The van der Waals surface area contributed by atoms with Crippen molar-refractivity contribution in [3.05, 3.63) is 81.9 Å². The van der Waals surface area contributed by atoms with Crippen molar-refractivity contribution >= 4 is 38.8 Å². The Morgan fingerprint density at radius 1 is 0.981 bits per heavy atom. The van der Waals surface area contributed by atoms with Gasteiger partial charge in [0.25, 0.3) is 5.91 Å². The molecule has 2 aliphatic rings.